The maximum Gasteiger partial charge on any atom is 0.191 e. The van der Waals surface area contributed by atoms with E-state index in [1.54, 1.807) is 0 Å². The van der Waals surface area contributed by atoms with Crippen molar-refractivity contribution in [1.82, 2.24) is 15.5 Å². The maximum atomic E-state index is 10.7. The minimum Gasteiger partial charge on any atom is -0.387 e. The lowest BCUT2D eigenvalue weighted by Crippen LogP contribution is -2.48. The number of benzene rings is 1. The number of aliphatic hydroxyl groups is 1. The van der Waals surface area contributed by atoms with Gasteiger partial charge in [-0.1, -0.05) is 29.8 Å². The number of nitrogens with zero attached hydrogens (tertiary/aromatic N) is 2. The zero-order chi connectivity index (χ0) is 18.8. The molecule has 0 bridgehead atoms. The van der Waals surface area contributed by atoms with Crippen molar-refractivity contribution in [2.45, 2.75) is 32.8 Å². The van der Waals surface area contributed by atoms with Crippen molar-refractivity contribution in [3.05, 3.63) is 35.4 Å². The van der Waals surface area contributed by atoms with Crippen LogP contribution in [0.5, 0.6) is 0 Å². The second-order valence-corrected chi connectivity index (χ2v) is 7.25. The maximum absolute atomic E-state index is 10.7. The van der Waals surface area contributed by atoms with Crippen molar-refractivity contribution in [2.24, 2.45) is 4.99 Å². The highest BCUT2D eigenvalue weighted by molar-refractivity contribution is 5.79. The number of aryl methyl sites for hydroxylation is 1. The zero-order valence-electron chi connectivity index (χ0n) is 16.4. The fourth-order valence-electron chi connectivity index (χ4n) is 3.08. The molecule has 0 radical (unpaired) electrons. The van der Waals surface area contributed by atoms with Crippen LogP contribution >= 0.6 is 0 Å². The van der Waals surface area contributed by atoms with Gasteiger partial charge in [0.1, 0.15) is 0 Å². The third-order valence-corrected chi connectivity index (χ3v) is 4.38. The summed E-state index contributed by atoms with van der Waals surface area (Å²) in [4.78, 5) is 6.82. The molecule has 26 heavy (non-hydrogen) atoms. The number of guanidine groups is 1. The summed E-state index contributed by atoms with van der Waals surface area (Å²) in [5.41, 5.74) is 1.74. The van der Waals surface area contributed by atoms with Gasteiger partial charge in [0, 0.05) is 32.7 Å². The first-order valence-corrected chi connectivity index (χ1v) is 9.59. The molecule has 1 atom stereocenters. The fraction of sp³-hybridized carbons (Fsp3) is 0.650. The molecule has 3 N–H and O–H groups in total. The molecule has 1 fully saturated rings. The first-order chi connectivity index (χ1) is 12.5. The van der Waals surface area contributed by atoms with Crippen LogP contribution in [0.15, 0.2) is 29.3 Å². The summed E-state index contributed by atoms with van der Waals surface area (Å²) in [6, 6.07) is 8.55. The third-order valence-electron chi connectivity index (χ3n) is 4.38. The van der Waals surface area contributed by atoms with Crippen LogP contribution in [0.4, 0.5) is 0 Å². The monoisotopic (exact) mass is 362 g/mol. The molecular formula is C20H34N4O2. The lowest BCUT2D eigenvalue weighted by molar-refractivity contribution is -0.0179. The number of β-amino-alcohol motifs (C(OH)–C–C–N with tert-alkyl or cyclic N) is 1. The Morgan fingerprint density at radius 2 is 2.08 bits per heavy atom. The van der Waals surface area contributed by atoms with E-state index in [1.165, 1.54) is 11.1 Å². The van der Waals surface area contributed by atoms with Gasteiger partial charge in [0.2, 0.25) is 0 Å². The van der Waals surface area contributed by atoms with Crippen LogP contribution in [-0.4, -0.2) is 74.0 Å². The quantitative estimate of drug-likeness (QED) is 0.479. The zero-order valence-corrected chi connectivity index (χ0v) is 16.4. The van der Waals surface area contributed by atoms with E-state index in [0.29, 0.717) is 13.1 Å². The summed E-state index contributed by atoms with van der Waals surface area (Å²) in [6.45, 7) is 11.8. The third kappa shape index (κ3) is 7.72. The second-order valence-electron chi connectivity index (χ2n) is 7.25. The van der Waals surface area contributed by atoms with E-state index in [4.69, 9.17) is 4.74 Å². The summed E-state index contributed by atoms with van der Waals surface area (Å²) < 4.78 is 5.36. The lowest BCUT2D eigenvalue weighted by Gasteiger charge is -2.33. The summed E-state index contributed by atoms with van der Waals surface area (Å²) in [6.07, 6.45) is 0.941. The van der Waals surface area contributed by atoms with Gasteiger partial charge in [-0.15, -0.1) is 0 Å². The van der Waals surface area contributed by atoms with Gasteiger partial charge < -0.3 is 20.5 Å². The van der Waals surface area contributed by atoms with Crippen LogP contribution in [0.2, 0.25) is 0 Å². The van der Waals surface area contributed by atoms with Crippen LogP contribution in [0.3, 0.4) is 0 Å². The van der Waals surface area contributed by atoms with Crippen molar-refractivity contribution in [3.8, 4) is 0 Å². The first-order valence-electron chi connectivity index (χ1n) is 9.59. The summed E-state index contributed by atoms with van der Waals surface area (Å²) in [5.74, 6) is 0.752. The molecule has 146 valence electrons. The molecule has 0 spiro atoms. The van der Waals surface area contributed by atoms with Crippen LogP contribution < -0.4 is 10.6 Å². The average Bonchev–Trinajstić information content (AvgIpc) is 2.60. The lowest BCUT2D eigenvalue weighted by atomic mass is 10.1. The normalized spacial score (nSPS) is 18.4. The van der Waals surface area contributed by atoms with E-state index in [9.17, 15) is 5.11 Å². The number of hydrogen-bond acceptors (Lipinski definition) is 4. The number of nitrogens with one attached hydrogen (secondary N) is 2. The van der Waals surface area contributed by atoms with Crippen molar-refractivity contribution < 1.29 is 9.84 Å². The molecule has 6 heteroatoms. The SMILES string of the molecule is CCNC(=NCC(C)(O)CN1CCOCC1)NCCc1cccc(C)c1. The van der Waals surface area contributed by atoms with Gasteiger partial charge in [-0.25, -0.2) is 0 Å². The molecule has 0 saturated carbocycles. The Balaban J connectivity index is 1.82. The largest absolute Gasteiger partial charge is 0.387 e. The molecule has 1 aliphatic rings. The van der Waals surface area contributed by atoms with Gasteiger partial charge in [-0.3, -0.25) is 9.89 Å². The van der Waals surface area contributed by atoms with E-state index in [-0.39, 0.29) is 0 Å². The Morgan fingerprint density at radius 1 is 1.31 bits per heavy atom. The van der Waals surface area contributed by atoms with Gasteiger partial charge in [0.05, 0.1) is 25.4 Å². The molecule has 1 unspecified atom stereocenters. The molecule has 1 aromatic rings. The molecule has 0 aromatic heterocycles. The van der Waals surface area contributed by atoms with Gasteiger partial charge in [-0.2, -0.15) is 0 Å². The van der Waals surface area contributed by atoms with Crippen molar-refractivity contribution in [2.75, 3.05) is 52.5 Å². The molecule has 0 aliphatic carbocycles. The van der Waals surface area contributed by atoms with Gasteiger partial charge >= 0.3 is 0 Å². The molecular weight excluding hydrogens is 328 g/mol. The number of aliphatic imine (C=N–C) groups is 1. The van der Waals surface area contributed by atoms with Crippen molar-refractivity contribution >= 4 is 5.96 Å². The highest BCUT2D eigenvalue weighted by atomic mass is 16.5. The van der Waals surface area contributed by atoms with Crippen LogP contribution in [0.1, 0.15) is 25.0 Å². The van der Waals surface area contributed by atoms with Crippen molar-refractivity contribution in [3.63, 3.8) is 0 Å². The smallest absolute Gasteiger partial charge is 0.191 e. The van der Waals surface area contributed by atoms with E-state index in [1.807, 2.05) is 13.8 Å². The second kappa shape index (κ2) is 10.5. The molecule has 1 aliphatic heterocycles. The fourth-order valence-corrected chi connectivity index (χ4v) is 3.08. The Morgan fingerprint density at radius 3 is 2.77 bits per heavy atom. The summed E-state index contributed by atoms with van der Waals surface area (Å²) in [7, 11) is 0. The standard InChI is InChI=1S/C20H34N4O2/c1-4-21-19(22-9-8-18-7-5-6-17(2)14-18)23-15-20(3,25)16-24-10-12-26-13-11-24/h5-7,14,25H,4,8-13,15-16H2,1-3H3,(H2,21,22,23). The molecule has 6 nitrogen and oxygen atoms in total. The number of rotatable bonds is 8. The Labute approximate surface area is 157 Å². The van der Waals surface area contributed by atoms with Crippen LogP contribution in [0.25, 0.3) is 0 Å². The molecule has 0 amide bonds. The molecule has 2 rings (SSSR count). The minimum atomic E-state index is -0.851. The predicted molar refractivity (Wildman–Crippen MR) is 107 cm³/mol. The summed E-state index contributed by atoms with van der Waals surface area (Å²) in [5, 5.41) is 17.3. The van der Waals surface area contributed by atoms with E-state index < -0.39 is 5.60 Å². The Kier molecular flexibility index (Phi) is 8.35. The van der Waals surface area contributed by atoms with Gasteiger partial charge in [-0.05, 0) is 32.8 Å². The first kappa shape index (κ1) is 20.7. The number of hydrogen-bond donors (Lipinski definition) is 3. The van der Waals surface area contributed by atoms with Crippen molar-refractivity contribution in [1.29, 1.82) is 0 Å². The van der Waals surface area contributed by atoms with E-state index in [2.05, 4.69) is 51.7 Å². The van der Waals surface area contributed by atoms with Gasteiger partial charge in [0.25, 0.3) is 0 Å². The number of morpholine rings is 1. The van der Waals surface area contributed by atoms with E-state index >= 15 is 0 Å². The molecule has 1 saturated heterocycles. The topological polar surface area (TPSA) is 69.1 Å². The van der Waals surface area contributed by atoms with E-state index in [0.717, 1.165) is 51.8 Å². The predicted octanol–water partition coefficient (Wildman–Crippen LogP) is 1.18. The van der Waals surface area contributed by atoms with Crippen LogP contribution in [-0.2, 0) is 11.2 Å². The highest BCUT2D eigenvalue weighted by Gasteiger charge is 2.25. The average molecular weight is 363 g/mol. The summed E-state index contributed by atoms with van der Waals surface area (Å²) >= 11 is 0. The van der Waals surface area contributed by atoms with Crippen LogP contribution in [0, 0.1) is 6.92 Å². The highest BCUT2D eigenvalue weighted by Crippen LogP contribution is 2.09. The molecule has 1 heterocycles. The number of ether oxygens (including phenoxy) is 1. The minimum absolute atomic E-state index is 0.365. The van der Waals surface area contributed by atoms with Gasteiger partial charge in [0.15, 0.2) is 5.96 Å². The Bertz CT molecular complexity index is 569. The Hall–Kier alpha value is -1.63. The molecule has 1 aromatic carbocycles.